The summed E-state index contributed by atoms with van der Waals surface area (Å²) in [5, 5.41) is 3.20. The number of hydrogen-bond donors (Lipinski definition) is 2. The zero-order chi connectivity index (χ0) is 24.0. The molecule has 0 spiro atoms. The smallest absolute Gasteiger partial charge is 0.331 e. The predicted octanol–water partition coefficient (Wildman–Crippen LogP) is 3.80. The number of hydrogen-bond acceptors (Lipinski definition) is 4. The van der Waals surface area contributed by atoms with Crippen molar-refractivity contribution in [3.8, 4) is 0 Å². The van der Waals surface area contributed by atoms with Crippen molar-refractivity contribution in [1.82, 2.24) is 14.9 Å². The second-order valence-corrected chi connectivity index (χ2v) is 7.45. The van der Waals surface area contributed by atoms with Crippen molar-refractivity contribution in [2.24, 2.45) is 0 Å². The van der Waals surface area contributed by atoms with Gasteiger partial charge in [0.05, 0.1) is 10.9 Å². The van der Waals surface area contributed by atoms with Crippen LogP contribution in [0.5, 0.6) is 0 Å². The molecule has 2 N–H and O–H groups in total. The molecule has 0 aliphatic rings. The molecule has 1 aromatic heterocycles. The van der Waals surface area contributed by atoms with Gasteiger partial charge in [-0.15, -0.1) is 0 Å². The van der Waals surface area contributed by atoms with E-state index in [0.717, 1.165) is 0 Å². The summed E-state index contributed by atoms with van der Waals surface area (Å²) in [6.45, 7) is 1.15. The molecule has 0 bridgehead atoms. The van der Waals surface area contributed by atoms with Gasteiger partial charge in [0.1, 0.15) is 5.82 Å². The Morgan fingerprint density at radius 3 is 2.61 bits per heavy atom. The van der Waals surface area contributed by atoms with E-state index in [0.29, 0.717) is 45.7 Å². The number of benzene rings is 2. The van der Waals surface area contributed by atoms with E-state index in [1.165, 1.54) is 13.0 Å². The highest BCUT2D eigenvalue weighted by Crippen LogP contribution is 2.21. The molecule has 0 atom stereocenters. The van der Waals surface area contributed by atoms with Crippen LogP contribution in [0.4, 0.5) is 18.9 Å². The fraction of sp³-hybridized carbons (Fsp3) is 0.304. The average molecular weight is 460 g/mol. The molecule has 3 aromatic rings. The number of aryl methyl sites for hydroxylation is 1. The summed E-state index contributed by atoms with van der Waals surface area (Å²) in [4.78, 5) is 43.7. The maximum Gasteiger partial charge on any atom is 0.471 e. The van der Waals surface area contributed by atoms with Gasteiger partial charge in [0.25, 0.3) is 5.56 Å². The first-order valence-electron chi connectivity index (χ1n) is 10.4. The molecule has 2 aromatic carbocycles. The number of nitrogens with zero attached hydrogens (tertiary/aromatic N) is 2. The lowest BCUT2D eigenvalue weighted by Crippen LogP contribution is -2.40. The van der Waals surface area contributed by atoms with E-state index in [1.54, 1.807) is 42.5 Å². The molecule has 0 fully saturated rings. The van der Waals surface area contributed by atoms with Crippen molar-refractivity contribution in [3.63, 3.8) is 0 Å². The van der Waals surface area contributed by atoms with E-state index in [9.17, 15) is 27.6 Å². The summed E-state index contributed by atoms with van der Waals surface area (Å²) >= 11 is 0. The van der Waals surface area contributed by atoms with Crippen LogP contribution in [0.1, 0.15) is 31.2 Å². The lowest BCUT2D eigenvalue weighted by Gasteiger charge is -2.22. The van der Waals surface area contributed by atoms with E-state index in [4.69, 9.17) is 0 Å². The monoisotopic (exact) mass is 460 g/mol. The molecule has 0 aliphatic heterocycles. The number of aromatic amines is 1. The normalized spacial score (nSPS) is 11.4. The summed E-state index contributed by atoms with van der Waals surface area (Å²) in [6.07, 6.45) is -3.94. The number of H-pyrrole nitrogens is 1. The molecule has 0 saturated carbocycles. The fourth-order valence-electron chi connectivity index (χ4n) is 3.37. The van der Waals surface area contributed by atoms with Crippen LogP contribution < -0.4 is 10.9 Å². The number of alkyl halides is 3. The maximum atomic E-state index is 12.7. The first kappa shape index (κ1) is 24.0. The molecule has 3 rings (SSSR count). The molecule has 2 amide bonds. The minimum atomic E-state index is -4.94. The number of nitrogens with one attached hydrogen (secondary N) is 2. The molecule has 0 saturated heterocycles. The van der Waals surface area contributed by atoms with E-state index >= 15 is 0 Å². The van der Waals surface area contributed by atoms with Gasteiger partial charge in [-0.3, -0.25) is 14.4 Å². The third kappa shape index (κ3) is 6.41. The highest BCUT2D eigenvalue weighted by molar-refractivity contribution is 5.90. The first-order chi connectivity index (χ1) is 15.7. The zero-order valence-corrected chi connectivity index (χ0v) is 17.9. The second-order valence-electron chi connectivity index (χ2n) is 7.45. The molecule has 10 heteroatoms. The highest BCUT2D eigenvalue weighted by Gasteiger charge is 2.41. The number of rotatable bonds is 8. The van der Waals surface area contributed by atoms with E-state index in [1.807, 2.05) is 0 Å². The summed E-state index contributed by atoms with van der Waals surface area (Å²) < 4.78 is 38.1. The van der Waals surface area contributed by atoms with Crippen LogP contribution in [0, 0.1) is 0 Å². The van der Waals surface area contributed by atoms with E-state index in [2.05, 4.69) is 15.3 Å². The Balaban J connectivity index is 1.55. The average Bonchev–Trinajstić information content (AvgIpc) is 2.76. The molecule has 0 aliphatic carbocycles. The maximum absolute atomic E-state index is 12.7. The molecule has 0 unspecified atom stereocenters. The van der Waals surface area contributed by atoms with Crippen molar-refractivity contribution in [1.29, 1.82) is 0 Å². The van der Waals surface area contributed by atoms with Gasteiger partial charge in [-0.1, -0.05) is 24.3 Å². The summed E-state index contributed by atoms with van der Waals surface area (Å²) in [7, 11) is 0. The molecule has 33 heavy (non-hydrogen) atoms. The van der Waals surface area contributed by atoms with Gasteiger partial charge in [-0.25, -0.2) is 4.98 Å². The number of fused-ring (bicyclic) bond motifs is 1. The Hall–Kier alpha value is -3.69. The van der Waals surface area contributed by atoms with Crippen LogP contribution in [0.25, 0.3) is 10.9 Å². The predicted molar refractivity (Wildman–Crippen MR) is 118 cm³/mol. The SMILES string of the molecule is CCN(Cc1cccc(NC(=O)CCCc2nc3ccccc3c(=O)[nH]2)c1)C(=O)C(F)(F)F. The third-order valence-corrected chi connectivity index (χ3v) is 4.97. The molecule has 0 radical (unpaired) electrons. The summed E-state index contributed by atoms with van der Waals surface area (Å²) in [5.41, 5.74) is 1.24. The first-order valence-corrected chi connectivity index (χ1v) is 10.4. The van der Waals surface area contributed by atoms with Gasteiger partial charge in [0, 0.05) is 31.6 Å². The van der Waals surface area contributed by atoms with Crippen LogP contribution in [-0.4, -0.2) is 39.4 Å². The van der Waals surface area contributed by atoms with Gasteiger partial charge in [-0.2, -0.15) is 13.2 Å². The van der Waals surface area contributed by atoms with Crippen LogP contribution in [0.2, 0.25) is 0 Å². The fourth-order valence-corrected chi connectivity index (χ4v) is 3.37. The highest BCUT2D eigenvalue weighted by atomic mass is 19.4. The van der Waals surface area contributed by atoms with Gasteiger partial charge >= 0.3 is 12.1 Å². The lowest BCUT2D eigenvalue weighted by molar-refractivity contribution is -0.185. The van der Waals surface area contributed by atoms with Gasteiger partial charge in [0.2, 0.25) is 5.91 Å². The number of halogens is 3. The number of aromatic nitrogens is 2. The van der Waals surface area contributed by atoms with Crippen molar-refractivity contribution in [2.45, 2.75) is 38.9 Å². The number of carbonyl (C=O) groups is 2. The zero-order valence-electron chi connectivity index (χ0n) is 17.9. The molecular formula is C23H23F3N4O3. The lowest BCUT2D eigenvalue weighted by atomic mass is 10.1. The van der Waals surface area contributed by atoms with Crippen LogP contribution >= 0.6 is 0 Å². The van der Waals surface area contributed by atoms with Gasteiger partial charge in [-0.05, 0) is 43.2 Å². The molecule has 1 heterocycles. The summed E-state index contributed by atoms with van der Waals surface area (Å²) in [5.74, 6) is -1.70. The Morgan fingerprint density at radius 1 is 1.12 bits per heavy atom. The number of anilines is 1. The number of carbonyl (C=O) groups excluding carboxylic acids is 2. The molecular weight excluding hydrogens is 437 g/mol. The van der Waals surface area contributed by atoms with Crippen molar-refractivity contribution >= 4 is 28.4 Å². The topological polar surface area (TPSA) is 95.2 Å². The van der Waals surface area contributed by atoms with Crippen LogP contribution in [-0.2, 0) is 22.6 Å². The molecule has 7 nitrogen and oxygen atoms in total. The Labute approximate surface area is 187 Å². The number of para-hydroxylation sites is 1. The van der Waals surface area contributed by atoms with Crippen molar-refractivity contribution in [3.05, 3.63) is 70.3 Å². The largest absolute Gasteiger partial charge is 0.471 e. The van der Waals surface area contributed by atoms with Crippen molar-refractivity contribution < 1.29 is 22.8 Å². The Bertz CT molecular complexity index is 1210. The summed E-state index contributed by atoms with van der Waals surface area (Å²) in [6, 6.07) is 13.3. The number of amides is 2. The Morgan fingerprint density at radius 2 is 1.88 bits per heavy atom. The van der Waals surface area contributed by atoms with E-state index < -0.39 is 12.1 Å². The standard InChI is InChI=1S/C23H23F3N4O3/c1-2-30(22(33)23(24,25)26)14-15-7-5-8-16(13-15)27-20(31)12-6-11-19-28-18-10-4-3-9-17(18)21(32)29-19/h3-5,7-10,13H,2,6,11-12,14H2,1H3,(H,27,31)(H,28,29,32). The van der Waals surface area contributed by atoms with Crippen molar-refractivity contribution in [2.75, 3.05) is 11.9 Å². The molecule has 174 valence electrons. The second kappa shape index (κ2) is 10.3. The van der Waals surface area contributed by atoms with Gasteiger partial charge in [0.15, 0.2) is 0 Å². The van der Waals surface area contributed by atoms with Gasteiger partial charge < -0.3 is 15.2 Å². The third-order valence-electron chi connectivity index (χ3n) is 4.97. The van der Waals surface area contributed by atoms with E-state index in [-0.39, 0.29) is 31.0 Å². The minimum absolute atomic E-state index is 0.0974. The quantitative estimate of drug-likeness (QED) is 0.535. The Kier molecular flexibility index (Phi) is 7.47. The minimum Gasteiger partial charge on any atom is -0.331 e. The van der Waals surface area contributed by atoms with Crippen LogP contribution in [0.3, 0.4) is 0 Å². The van der Waals surface area contributed by atoms with Crippen LogP contribution in [0.15, 0.2) is 53.3 Å².